The van der Waals surface area contributed by atoms with Crippen LogP contribution < -0.4 is 10.6 Å². The Morgan fingerprint density at radius 1 is 0.875 bits per heavy atom. The Balaban J connectivity index is 1.32. The molecular weight excluding hydrogens is 396 g/mol. The molecule has 1 heterocycles. The Hall–Kier alpha value is -3.99. The number of carbonyl (C=O) groups is 1. The molecule has 2 N–H and O–H groups in total. The van der Waals surface area contributed by atoms with Gasteiger partial charge in [0, 0.05) is 29.4 Å². The minimum absolute atomic E-state index is 0.0617. The number of nitrogens with one attached hydrogen (secondary N) is 2. The van der Waals surface area contributed by atoms with Crippen molar-refractivity contribution in [2.45, 2.75) is 19.8 Å². The molecule has 0 fully saturated rings. The summed E-state index contributed by atoms with van der Waals surface area (Å²) in [5, 5.41) is 6.27. The Morgan fingerprint density at radius 2 is 1.69 bits per heavy atom. The van der Waals surface area contributed by atoms with Crippen LogP contribution >= 0.6 is 0 Å². The summed E-state index contributed by atoms with van der Waals surface area (Å²) in [6.45, 7) is 2.71. The first kappa shape index (κ1) is 21.2. The topological polar surface area (TPSA) is 66.9 Å². The van der Waals surface area contributed by atoms with E-state index < -0.39 is 0 Å². The molecule has 1 amide bonds. The van der Waals surface area contributed by atoms with E-state index in [4.69, 9.17) is 0 Å². The quantitative estimate of drug-likeness (QED) is 0.365. The van der Waals surface area contributed by atoms with E-state index in [0.717, 1.165) is 29.8 Å². The molecule has 0 aliphatic heterocycles. The molecule has 0 aliphatic rings. The van der Waals surface area contributed by atoms with Crippen molar-refractivity contribution in [1.82, 2.24) is 15.3 Å². The average Bonchev–Trinajstić information content (AvgIpc) is 2.83. The molecule has 1 aromatic heterocycles. The Bertz CT molecular complexity index is 1170. The van der Waals surface area contributed by atoms with Crippen LogP contribution in [0.4, 0.5) is 11.5 Å². The summed E-state index contributed by atoms with van der Waals surface area (Å²) in [7, 11) is 0. The van der Waals surface area contributed by atoms with Crippen LogP contribution in [0.2, 0.25) is 0 Å². The van der Waals surface area contributed by atoms with Gasteiger partial charge in [-0.05, 0) is 55.7 Å². The van der Waals surface area contributed by atoms with Gasteiger partial charge >= 0.3 is 0 Å². The Labute approximate surface area is 188 Å². The number of benzene rings is 3. The van der Waals surface area contributed by atoms with Crippen LogP contribution in [0.3, 0.4) is 0 Å². The van der Waals surface area contributed by atoms with Crippen LogP contribution in [0.15, 0.2) is 91.3 Å². The second-order valence-electron chi connectivity index (χ2n) is 7.71. The van der Waals surface area contributed by atoms with Gasteiger partial charge < -0.3 is 10.6 Å². The first-order chi connectivity index (χ1) is 15.7. The molecule has 32 heavy (non-hydrogen) atoms. The highest BCUT2D eigenvalue weighted by atomic mass is 16.1. The van der Waals surface area contributed by atoms with Crippen LogP contribution in [0, 0.1) is 6.92 Å². The second kappa shape index (κ2) is 10.4. The minimum Gasteiger partial charge on any atom is -0.352 e. The molecule has 0 saturated carbocycles. The first-order valence-electron chi connectivity index (χ1n) is 10.8. The van der Waals surface area contributed by atoms with Crippen molar-refractivity contribution >= 4 is 17.4 Å². The predicted molar refractivity (Wildman–Crippen MR) is 129 cm³/mol. The molecule has 0 spiro atoms. The molecule has 4 aromatic rings. The lowest BCUT2D eigenvalue weighted by Crippen LogP contribution is -2.24. The zero-order valence-corrected chi connectivity index (χ0v) is 18.1. The summed E-state index contributed by atoms with van der Waals surface area (Å²) in [5.41, 5.74) is 5.88. The molecule has 160 valence electrons. The second-order valence-corrected chi connectivity index (χ2v) is 7.71. The molecule has 4 rings (SSSR count). The fourth-order valence-corrected chi connectivity index (χ4v) is 3.48. The van der Waals surface area contributed by atoms with Gasteiger partial charge in [0.2, 0.25) is 0 Å². The van der Waals surface area contributed by atoms with Gasteiger partial charge in [-0.15, -0.1) is 0 Å². The standard InChI is InChI=1S/C27H26N4O/c1-20-7-5-11-23(17-20)25-18-26(30-19-29-25)31-24-14-12-22(13-15-24)27(32)28-16-6-10-21-8-3-2-4-9-21/h2-5,7-9,11-15,17-19H,6,10,16H2,1H3,(H,28,32)(H,29,30,31). The van der Waals surface area contributed by atoms with Gasteiger partial charge in [-0.2, -0.15) is 0 Å². The van der Waals surface area contributed by atoms with Gasteiger partial charge in [0.15, 0.2) is 0 Å². The van der Waals surface area contributed by atoms with E-state index in [-0.39, 0.29) is 5.91 Å². The molecule has 3 aromatic carbocycles. The lowest BCUT2D eigenvalue weighted by Gasteiger charge is -2.09. The van der Waals surface area contributed by atoms with Crippen molar-refractivity contribution in [1.29, 1.82) is 0 Å². The number of carbonyl (C=O) groups excluding carboxylic acids is 1. The molecule has 0 radical (unpaired) electrons. The first-order valence-corrected chi connectivity index (χ1v) is 10.8. The molecule has 0 saturated heterocycles. The number of amides is 1. The molecule has 0 bridgehead atoms. The summed E-state index contributed by atoms with van der Waals surface area (Å²) in [4.78, 5) is 21.1. The minimum atomic E-state index is -0.0617. The SMILES string of the molecule is Cc1cccc(-c2cc(Nc3ccc(C(=O)NCCCc4ccccc4)cc3)ncn2)c1. The highest BCUT2D eigenvalue weighted by Crippen LogP contribution is 2.22. The Morgan fingerprint density at radius 3 is 2.47 bits per heavy atom. The number of aromatic nitrogens is 2. The number of rotatable bonds is 8. The third-order valence-corrected chi connectivity index (χ3v) is 5.17. The third-order valence-electron chi connectivity index (χ3n) is 5.17. The van der Waals surface area contributed by atoms with Gasteiger partial charge in [-0.25, -0.2) is 9.97 Å². The van der Waals surface area contributed by atoms with E-state index in [9.17, 15) is 4.79 Å². The number of hydrogen-bond donors (Lipinski definition) is 2. The molecule has 0 aliphatic carbocycles. The number of aryl methyl sites for hydroxylation is 2. The molecule has 5 nitrogen and oxygen atoms in total. The van der Waals surface area contributed by atoms with Crippen molar-refractivity contribution in [2.24, 2.45) is 0 Å². The van der Waals surface area contributed by atoms with Gasteiger partial charge in [0.25, 0.3) is 5.91 Å². The summed E-state index contributed by atoms with van der Waals surface area (Å²) in [6, 6.07) is 27.8. The highest BCUT2D eigenvalue weighted by Gasteiger charge is 2.06. The van der Waals surface area contributed by atoms with Gasteiger partial charge in [-0.3, -0.25) is 4.79 Å². The maximum Gasteiger partial charge on any atom is 0.251 e. The summed E-state index contributed by atoms with van der Waals surface area (Å²) in [6.07, 6.45) is 3.41. The number of hydrogen-bond acceptors (Lipinski definition) is 4. The third kappa shape index (κ3) is 5.79. The van der Waals surface area contributed by atoms with E-state index in [1.54, 1.807) is 6.33 Å². The fourth-order valence-electron chi connectivity index (χ4n) is 3.48. The Kier molecular flexibility index (Phi) is 6.88. The van der Waals surface area contributed by atoms with Crippen LogP contribution in [-0.4, -0.2) is 22.4 Å². The largest absolute Gasteiger partial charge is 0.352 e. The lowest BCUT2D eigenvalue weighted by molar-refractivity contribution is 0.0953. The van der Waals surface area contributed by atoms with Crippen molar-refractivity contribution in [2.75, 3.05) is 11.9 Å². The summed E-state index contributed by atoms with van der Waals surface area (Å²) < 4.78 is 0. The molecule has 5 heteroatoms. The van der Waals surface area contributed by atoms with Crippen molar-refractivity contribution < 1.29 is 4.79 Å². The fraction of sp³-hybridized carbons (Fsp3) is 0.148. The van der Waals surface area contributed by atoms with Crippen molar-refractivity contribution in [3.05, 3.63) is 108 Å². The predicted octanol–water partition coefficient (Wildman–Crippen LogP) is 5.56. The maximum absolute atomic E-state index is 12.4. The van der Waals surface area contributed by atoms with Gasteiger partial charge in [0.05, 0.1) is 5.69 Å². The van der Waals surface area contributed by atoms with E-state index in [2.05, 4.69) is 51.8 Å². The highest BCUT2D eigenvalue weighted by molar-refractivity contribution is 5.94. The van der Waals surface area contributed by atoms with Gasteiger partial charge in [-0.1, -0.05) is 54.1 Å². The average molecular weight is 423 g/mol. The summed E-state index contributed by atoms with van der Waals surface area (Å²) >= 11 is 0. The van der Waals surface area contributed by atoms with E-state index >= 15 is 0 Å². The molecular formula is C27H26N4O. The van der Waals surface area contributed by atoms with Crippen molar-refractivity contribution in [3.63, 3.8) is 0 Å². The normalized spacial score (nSPS) is 10.5. The molecule has 0 unspecified atom stereocenters. The lowest BCUT2D eigenvalue weighted by atomic mass is 10.1. The van der Waals surface area contributed by atoms with E-state index in [1.807, 2.05) is 60.7 Å². The van der Waals surface area contributed by atoms with Crippen LogP contribution in [-0.2, 0) is 6.42 Å². The monoisotopic (exact) mass is 422 g/mol. The number of nitrogens with zero attached hydrogens (tertiary/aromatic N) is 2. The zero-order valence-electron chi connectivity index (χ0n) is 18.1. The van der Waals surface area contributed by atoms with E-state index in [1.165, 1.54) is 11.1 Å². The van der Waals surface area contributed by atoms with Gasteiger partial charge in [0.1, 0.15) is 12.1 Å². The zero-order chi connectivity index (χ0) is 22.2. The van der Waals surface area contributed by atoms with E-state index in [0.29, 0.717) is 17.9 Å². The van der Waals surface area contributed by atoms with Crippen LogP contribution in [0.25, 0.3) is 11.3 Å². The number of anilines is 2. The smallest absolute Gasteiger partial charge is 0.251 e. The van der Waals surface area contributed by atoms with Crippen molar-refractivity contribution in [3.8, 4) is 11.3 Å². The molecule has 0 atom stereocenters. The van der Waals surface area contributed by atoms with Crippen LogP contribution in [0.5, 0.6) is 0 Å². The van der Waals surface area contributed by atoms with Crippen LogP contribution in [0.1, 0.15) is 27.9 Å². The summed E-state index contributed by atoms with van der Waals surface area (Å²) in [5.74, 6) is 0.642. The maximum atomic E-state index is 12.4.